The Kier molecular flexibility index (Phi) is 3.76. The van der Waals surface area contributed by atoms with Crippen LogP contribution in [0.1, 0.15) is 15.9 Å². The molecule has 0 radical (unpaired) electrons. The van der Waals surface area contributed by atoms with Gasteiger partial charge in [0.1, 0.15) is 0 Å². The maximum absolute atomic E-state index is 12.4. The summed E-state index contributed by atoms with van der Waals surface area (Å²) in [5.74, 6) is -0.0928. The fourth-order valence-electron chi connectivity index (χ4n) is 1.82. The average Bonchev–Trinajstić information content (AvgIpc) is 2.41. The zero-order chi connectivity index (χ0) is 14.0. The number of amides is 1. The summed E-state index contributed by atoms with van der Waals surface area (Å²) in [5.41, 5.74) is 8.60. The molecule has 98 valence electrons. The first-order valence-corrected chi connectivity index (χ1v) is 6.26. The molecule has 0 spiro atoms. The molecule has 0 aliphatic carbocycles. The lowest BCUT2D eigenvalue weighted by Crippen LogP contribution is -2.26. The van der Waals surface area contributed by atoms with Crippen LogP contribution in [0.25, 0.3) is 0 Å². The molecule has 0 saturated carbocycles. The normalized spacial score (nSPS) is 10.3. The Hall–Kier alpha value is -2.00. The number of nitrogens with two attached hydrogens (primary N) is 1. The van der Waals surface area contributed by atoms with E-state index < -0.39 is 0 Å². The molecule has 0 heterocycles. The van der Waals surface area contributed by atoms with Crippen LogP contribution < -0.4 is 10.6 Å². The van der Waals surface area contributed by atoms with Crippen LogP contribution in [-0.2, 0) is 0 Å². The molecule has 4 heteroatoms. The number of benzene rings is 2. The highest BCUT2D eigenvalue weighted by molar-refractivity contribution is 6.31. The zero-order valence-electron chi connectivity index (χ0n) is 10.9. The van der Waals surface area contributed by atoms with Gasteiger partial charge in [-0.1, -0.05) is 17.7 Å². The lowest BCUT2D eigenvalue weighted by atomic mass is 10.1. The second-order valence-electron chi connectivity index (χ2n) is 4.41. The summed E-state index contributed by atoms with van der Waals surface area (Å²) in [5, 5.41) is 0.555. The lowest BCUT2D eigenvalue weighted by molar-refractivity contribution is 0.0992. The van der Waals surface area contributed by atoms with E-state index in [4.69, 9.17) is 17.3 Å². The van der Waals surface area contributed by atoms with Gasteiger partial charge in [0, 0.05) is 29.0 Å². The van der Waals surface area contributed by atoms with Crippen LogP contribution >= 0.6 is 11.6 Å². The van der Waals surface area contributed by atoms with Gasteiger partial charge in [0.2, 0.25) is 0 Å². The first-order valence-electron chi connectivity index (χ1n) is 5.89. The third-order valence-corrected chi connectivity index (χ3v) is 3.25. The van der Waals surface area contributed by atoms with E-state index in [1.54, 1.807) is 36.2 Å². The van der Waals surface area contributed by atoms with Crippen LogP contribution in [0.5, 0.6) is 0 Å². The highest BCUT2D eigenvalue weighted by Gasteiger charge is 2.15. The minimum Gasteiger partial charge on any atom is -0.399 e. The molecule has 0 aliphatic rings. The van der Waals surface area contributed by atoms with Crippen molar-refractivity contribution < 1.29 is 4.79 Å². The first kappa shape index (κ1) is 13.4. The smallest absolute Gasteiger partial charge is 0.258 e. The third-order valence-electron chi connectivity index (χ3n) is 3.02. The monoisotopic (exact) mass is 274 g/mol. The van der Waals surface area contributed by atoms with Crippen molar-refractivity contribution in [1.29, 1.82) is 0 Å². The molecule has 0 atom stereocenters. The molecule has 0 aromatic heterocycles. The second kappa shape index (κ2) is 5.33. The van der Waals surface area contributed by atoms with Gasteiger partial charge in [-0.25, -0.2) is 0 Å². The van der Waals surface area contributed by atoms with Crippen LogP contribution in [0.2, 0.25) is 5.02 Å². The number of nitrogen functional groups attached to an aromatic ring is 1. The molecule has 19 heavy (non-hydrogen) atoms. The Bertz CT molecular complexity index is 608. The quantitative estimate of drug-likeness (QED) is 0.852. The number of halogens is 1. The Balaban J connectivity index is 2.33. The van der Waals surface area contributed by atoms with Gasteiger partial charge in [-0.05, 0) is 48.9 Å². The largest absolute Gasteiger partial charge is 0.399 e. The number of rotatable bonds is 2. The van der Waals surface area contributed by atoms with Gasteiger partial charge in [-0.15, -0.1) is 0 Å². The van der Waals surface area contributed by atoms with E-state index in [-0.39, 0.29) is 5.91 Å². The number of aryl methyl sites for hydroxylation is 1. The number of hydrogen-bond acceptors (Lipinski definition) is 2. The van der Waals surface area contributed by atoms with E-state index in [2.05, 4.69) is 0 Å². The summed E-state index contributed by atoms with van der Waals surface area (Å²) in [6.07, 6.45) is 0. The van der Waals surface area contributed by atoms with Gasteiger partial charge in [-0.3, -0.25) is 4.79 Å². The van der Waals surface area contributed by atoms with Gasteiger partial charge in [0.25, 0.3) is 5.91 Å². The van der Waals surface area contributed by atoms with E-state index >= 15 is 0 Å². The van der Waals surface area contributed by atoms with Crippen LogP contribution in [-0.4, -0.2) is 13.0 Å². The summed E-state index contributed by atoms with van der Waals surface area (Å²) in [4.78, 5) is 14.0. The Morgan fingerprint density at radius 2 is 1.79 bits per heavy atom. The van der Waals surface area contributed by atoms with Crippen molar-refractivity contribution in [1.82, 2.24) is 0 Å². The predicted octanol–water partition coefficient (Wildman–Crippen LogP) is 3.51. The Morgan fingerprint density at radius 1 is 1.16 bits per heavy atom. The van der Waals surface area contributed by atoms with E-state index in [0.717, 1.165) is 11.3 Å². The number of nitrogens with zero attached hydrogens (tertiary/aromatic N) is 1. The Morgan fingerprint density at radius 3 is 2.42 bits per heavy atom. The number of carbonyl (C=O) groups is 1. The third kappa shape index (κ3) is 2.88. The molecule has 0 fully saturated rings. The van der Waals surface area contributed by atoms with Crippen molar-refractivity contribution in [3.63, 3.8) is 0 Å². The highest BCUT2D eigenvalue weighted by atomic mass is 35.5. The summed E-state index contributed by atoms with van der Waals surface area (Å²) < 4.78 is 0. The van der Waals surface area contributed by atoms with Gasteiger partial charge < -0.3 is 10.6 Å². The zero-order valence-corrected chi connectivity index (χ0v) is 11.6. The molecule has 0 aliphatic heterocycles. The number of hydrogen-bond donors (Lipinski definition) is 1. The topological polar surface area (TPSA) is 46.3 Å². The summed E-state index contributed by atoms with van der Waals surface area (Å²) >= 11 is 5.95. The van der Waals surface area contributed by atoms with E-state index in [1.165, 1.54) is 0 Å². The predicted molar refractivity (Wildman–Crippen MR) is 79.8 cm³/mol. The molecule has 2 aromatic rings. The van der Waals surface area contributed by atoms with Crippen molar-refractivity contribution in [3.05, 3.63) is 58.6 Å². The van der Waals surface area contributed by atoms with Gasteiger partial charge in [0.05, 0.1) is 0 Å². The number of anilines is 2. The van der Waals surface area contributed by atoms with E-state index in [1.807, 2.05) is 25.1 Å². The van der Waals surface area contributed by atoms with Crippen LogP contribution in [0, 0.1) is 6.92 Å². The van der Waals surface area contributed by atoms with Crippen molar-refractivity contribution in [2.24, 2.45) is 0 Å². The molecule has 2 rings (SSSR count). The summed E-state index contributed by atoms with van der Waals surface area (Å²) in [6, 6.07) is 12.5. The minimum absolute atomic E-state index is 0.0928. The molecule has 3 nitrogen and oxygen atoms in total. The Labute approximate surface area is 117 Å². The van der Waals surface area contributed by atoms with E-state index in [0.29, 0.717) is 16.3 Å². The lowest BCUT2D eigenvalue weighted by Gasteiger charge is -2.18. The van der Waals surface area contributed by atoms with Gasteiger partial charge in [0.15, 0.2) is 0 Å². The molecule has 0 unspecified atom stereocenters. The molecule has 2 aromatic carbocycles. The molecule has 2 N–H and O–H groups in total. The second-order valence-corrected chi connectivity index (χ2v) is 4.85. The average molecular weight is 275 g/mol. The molecular weight excluding hydrogens is 260 g/mol. The maximum atomic E-state index is 12.4. The maximum Gasteiger partial charge on any atom is 0.258 e. The highest BCUT2D eigenvalue weighted by Crippen LogP contribution is 2.21. The van der Waals surface area contributed by atoms with Gasteiger partial charge >= 0.3 is 0 Å². The number of carbonyl (C=O) groups excluding carboxylic acids is 1. The summed E-state index contributed by atoms with van der Waals surface area (Å²) in [6.45, 7) is 1.89. The fraction of sp³-hybridized carbons (Fsp3) is 0.133. The molecular formula is C15H15ClN2O. The SMILES string of the molecule is Cc1ccc(Cl)cc1C(=O)N(C)c1ccc(N)cc1. The van der Waals surface area contributed by atoms with Gasteiger partial charge in [-0.2, -0.15) is 0 Å². The first-order chi connectivity index (χ1) is 8.99. The summed E-state index contributed by atoms with van der Waals surface area (Å²) in [7, 11) is 1.73. The minimum atomic E-state index is -0.0928. The standard InChI is InChI=1S/C15H15ClN2O/c1-10-3-4-11(16)9-14(10)15(19)18(2)13-7-5-12(17)6-8-13/h3-9H,17H2,1-2H3. The van der Waals surface area contributed by atoms with Crippen molar-refractivity contribution in [2.75, 3.05) is 17.7 Å². The fourth-order valence-corrected chi connectivity index (χ4v) is 1.99. The van der Waals surface area contributed by atoms with E-state index in [9.17, 15) is 4.79 Å². The van der Waals surface area contributed by atoms with Crippen LogP contribution in [0.15, 0.2) is 42.5 Å². The molecule has 1 amide bonds. The van der Waals surface area contributed by atoms with Crippen molar-refractivity contribution >= 4 is 28.9 Å². The van der Waals surface area contributed by atoms with Crippen LogP contribution in [0.3, 0.4) is 0 Å². The van der Waals surface area contributed by atoms with Crippen LogP contribution in [0.4, 0.5) is 11.4 Å². The molecule has 0 bridgehead atoms. The van der Waals surface area contributed by atoms with Crippen molar-refractivity contribution in [2.45, 2.75) is 6.92 Å². The van der Waals surface area contributed by atoms with Crippen molar-refractivity contribution in [3.8, 4) is 0 Å². The molecule has 0 saturated heterocycles.